The predicted octanol–water partition coefficient (Wildman–Crippen LogP) is 7.38. The van der Waals surface area contributed by atoms with Crippen molar-refractivity contribution in [2.75, 3.05) is 0 Å². The monoisotopic (exact) mass is 562 g/mol. The summed E-state index contributed by atoms with van der Waals surface area (Å²) in [5.41, 5.74) is 2.64. The summed E-state index contributed by atoms with van der Waals surface area (Å²) in [6.45, 7) is 19.9. The lowest BCUT2D eigenvalue weighted by atomic mass is 9.45. The summed E-state index contributed by atoms with van der Waals surface area (Å²) >= 11 is 0. The standard InChI is InChI=1S/C34H46O5Si/c1-10-25-24-17-23-19(2)22(20-12-11-13-21(16-20)39-40(8,9)32(3,4)5)18-26(23)37-28(24)29-30-33(6,31(36)38-29)15-14-27(35)34(25,30)7/h11-16,22,24-26,28-30H,10,17-18H2,1-9H3/t22-,24+,25+,26+,28+,29+,30+,33-,34+/m1/s1. The fraction of sp³-hybridized carbons (Fsp3) is 0.647. The van der Waals surface area contributed by atoms with E-state index in [9.17, 15) is 9.59 Å². The van der Waals surface area contributed by atoms with Gasteiger partial charge in [-0.2, -0.15) is 0 Å². The number of carbonyl (C=O) groups is 2. The summed E-state index contributed by atoms with van der Waals surface area (Å²) in [5, 5.41) is 0.133. The number of carbonyl (C=O) groups excluding carboxylic acids is 2. The molecule has 6 heteroatoms. The quantitative estimate of drug-likeness (QED) is 0.218. The molecule has 216 valence electrons. The van der Waals surface area contributed by atoms with Crippen LogP contribution in [-0.2, 0) is 19.1 Å². The highest BCUT2D eigenvalue weighted by Crippen LogP contribution is 2.65. The van der Waals surface area contributed by atoms with Gasteiger partial charge in [-0.15, -0.1) is 0 Å². The highest BCUT2D eigenvalue weighted by Gasteiger charge is 2.72. The number of allylic oxidation sites excluding steroid dienone is 2. The Morgan fingerprint density at radius 1 is 1.12 bits per heavy atom. The highest BCUT2D eigenvalue weighted by molar-refractivity contribution is 6.74. The lowest BCUT2D eigenvalue weighted by Crippen LogP contribution is -2.64. The first kappa shape index (κ1) is 28.0. The van der Waals surface area contributed by atoms with Crippen molar-refractivity contribution in [1.29, 1.82) is 0 Å². The van der Waals surface area contributed by atoms with Gasteiger partial charge in [-0.25, -0.2) is 0 Å². The fourth-order valence-electron chi connectivity index (χ4n) is 8.77. The van der Waals surface area contributed by atoms with E-state index >= 15 is 0 Å². The molecule has 1 saturated carbocycles. The number of fused-ring (bicyclic) bond motifs is 3. The first-order chi connectivity index (χ1) is 18.6. The molecule has 40 heavy (non-hydrogen) atoms. The minimum atomic E-state index is -1.95. The van der Waals surface area contributed by atoms with Crippen molar-refractivity contribution in [2.45, 2.75) is 110 Å². The predicted molar refractivity (Wildman–Crippen MR) is 159 cm³/mol. The minimum absolute atomic E-state index is 0.0125. The third-order valence-electron chi connectivity index (χ3n) is 12.0. The number of hydrogen-bond acceptors (Lipinski definition) is 5. The Hall–Kier alpha value is -2.18. The van der Waals surface area contributed by atoms with Crippen molar-refractivity contribution < 1.29 is 23.5 Å². The van der Waals surface area contributed by atoms with Gasteiger partial charge in [-0.1, -0.05) is 64.8 Å². The summed E-state index contributed by atoms with van der Waals surface area (Å²) in [4.78, 5) is 26.8. The molecule has 0 radical (unpaired) electrons. The van der Waals surface area contributed by atoms with Crippen LogP contribution in [0.15, 0.2) is 47.6 Å². The summed E-state index contributed by atoms with van der Waals surface area (Å²) in [5.74, 6) is 1.24. The van der Waals surface area contributed by atoms with Crippen LogP contribution < -0.4 is 4.43 Å². The lowest BCUT2D eigenvalue weighted by molar-refractivity contribution is -0.202. The average molecular weight is 563 g/mol. The zero-order valence-electron chi connectivity index (χ0n) is 25.7. The summed E-state index contributed by atoms with van der Waals surface area (Å²) in [6.07, 6.45) is 5.59. The average Bonchev–Trinajstić information content (AvgIpc) is 3.34. The Labute approximate surface area is 240 Å². The van der Waals surface area contributed by atoms with Crippen molar-refractivity contribution in [3.8, 4) is 5.75 Å². The molecular weight excluding hydrogens is 516 g/mol. The molecule has 0 spiro atoms. The van der Waals surface area contributed by atoms with Gasteiger partial charge in [0.15, 0.2) is 5.78 Å². The van der Waals surface area contributed by atoms with Crippen molar-refractivity contribution in [2.24, 2.45) is 28.6 Å². The second kappa shape index (κ2) is 8.91. The van der Waals surface area contributed by atoms with E-state index < -0.39 is 19.1 Å². The number of ketones is 1. The zero-order chi connectivity index (χ0) is 29.0. The molecule has 0 amide bonds. The van der Waals surface area contributed by atoms with Crippen molar-refractivity contribution in [3.63, 3.8) is 0 Å². The van der Waals surface area contributed by atoms with Gasteiger partial charge in [-0.3, -0.25) is 9.59 Å². The van der Waals surface area contributed by atoms with E-state index in [1.54, 1.807) is 12.2 Å². The molecule has 3 fully saturated rings. The smallest absolute Gasteiger partial charge is 0.316 e. The van der Waals surface area contributed by atoms with E-state index in [2.05, 4.69) is 78.9 Å². The maximum absolute atomic E-state index is 13.6. The van der Waals surface area contributed by atoms with E-state index in [4.69, 9.17) is 13.9 Å². The maximum Gasteiger partial charge on any atom is 0.316 e. The molecule has 9 atom stereocenters. The maximum atomic E-state index is 13.6. The molecule has 5 nitrogen and oxygen atoms in total. The van der Waals surface area contributed by atoms with Crippen LogP contribution in [0.5, 0.6) is 5.75 Å². The second-order valence-electron chi connectivity index (χ2n) is 15.0. The van der Waals surface area contributed by atoms with Crippen LogP contribution in [0.1, 0.15) is 79.2 Å². The van der Waals surface area contributed by atoms with Crippen LogP contribution in [0, 0.1) is 28.6 Å². The molecule has 2 saturated heterocycles. The van der Waals surface area contributed by atoms with E-state index in [0.29, 0.717) is 0 Å². The van der Waals surface area contributed by atoms with Crippen LogP contribution in [0.3, 0.4) is 0 Å². The van der Waals surface area contributed by atoms with Gasteiger partial charge in [0.1, 0.15) is 11.9 Å². The largest absolute Gasteiger partial charge is 0.543 e. The highest BCUT2D eigenvalue weighted by atomic mass is 28.4. The summed E-state index contributed by atoms with van der Waals surface area (Å²) < 4.78 is 19.8. The van der Waals surface area contributed by atoms with Crippen molar-refractivity contribution in [1.82, 2.24) is 0 Å². The van der Waals surface area contributed by atoms with Gasteiger partial charge in [-0.05, 0) is 86.0 Å². The van der Waals surface area contributed by atoms with E-state index in [1.165, 1.54) is 16.7 Å². The molecule has 0 unspecified atom stereocenters. The number of ether oxygens (including phenoxy) is 2. The third-order valence-corrected chi connectivity index (χ3v) is 16.3. The third kappa shape index (κ3) is 3.74. The second-order valence-corrected chi connectivity index (χ2v) is 19.7. The molecule has 2 aliphatic heterocycles. The molecule has 2 heterocycles. The van der Waals surface area contributed by atoms with Gasteiger partial charge < -0.3 is 13.9 Å². The normalized spacial score (nSPS) is 40.5. The van der Waals surface area contributed by atoms with Crippen LogP contribution in [0.2, 0.25) is 18.1 Å². The number of rotatable bonds is 4. The minimum Gasteiger partial charge on any atom is -0.543 e. The van der Waals surface area contributed by atoms with Crippen LogP contribution in [0.25, 0.3) is 0 Å². The fourth-order valence-corrected chi connectivity index (χ4v) is 9.79. The van der Waals surface area contributed by atoms with E-state index in [0.717, 1.165) is 25.0 Å². The Bertz CT molecular complexity index is 1320. The molecule has 6 rings (SSSR count). The van der Waals surface area contributed by atoms with Crippen molar-refractivity contribution >= 4 is 20.1 Å². The number of benzene rings is 1. The van der Waals surface area contributed by atoms with Crippen LogP contribution in [0.4, 0.5) is 0 Å². The molecule has 0 bridgehead atoms. The van der Waals surface area contributed by atoms with Gasteiger partial charge in [0.25, 0.3) is 0 Å². The Balaban J connectivity index is 1.33. The number of esters is 1. The van der Waals surface area contributed by atoms with Crippen LogP contribution >= 0.6 is 0 Å². The molecule has 0 aromatic heterocycles. The SMILES string of the molecule is CC[C@H]1[C@@H]2CC3=C(C)[C@H](c4cccc(O[Si](C)(C)C(C)(C)C)c4)C[C@@H]3O[C@@H]2[C@@H]2OC(=O)[C@]3(C)C=CC(=O)[C@@]1(C)[C@@H]23. The first-order valence-corrected chi connectivity index (χ1v) is 18.1. The topological polar surface area (TPSA) is 61.8 Å². The molecule has 3 aliphatic carbocycles. The lowest BCUT2D eigenvalue weighted by Gasteiger charge is -2.58. The Morgan fingerprint density at radius 2 is 1.85 bits per heavy atom. The first-order valence-electron chi connectivity index (χ1n) is 15.2. The zero-order valence-corrected chi connectivity index (χ0v) is 26.7. The van der Waals surface area contributed by atoms with Crippen molar-refractivity contribution in [3.05, 3.63) is 53.1 Å². The molecular formula is C34H46O5Si. The molecule has 0 N–H and O–H groups in total. The van der Waals surface area contributed by atoms with E-state index in [-0.39, 0.29) is 58.8 Å². The number of hydrogen-bond donors (Lipinski definition) is 0. The molecule has 1 aromatic carbocycles. The van der Waals surface area contributed by atoms with Crippen LogP contribution in [-0.4, -0.2) is 38.4 Å². The summed E-state index contributed by atoms with van der Waals surface area (Å²) in [6, 6.07) is 8.66. The molecule has 1 aromatic rings. The van der Waals surface area contributed by atoms with Gasteiger partial charge in [0.05, 0.1) is 17.6 Å². The van der Waals surface area contributed by atoms with Gasteiger partial charge >= 0.3 is 5.97 Å². The van der Waals surface area contributed by atoms with Gasteiger partial charge in [0, 0.05) is 17.3 Å². The molecule has 5 aliphatic rings. The Kier molecular flexibility index (Phi) is 6.23. The Morgan fingerprint density at radius 3 is 2.52 bits per heavy atom. The summed E-state index contributed by atoms with van der Waals surface area (Å²) in [7, 11) is -1.95. The van der Waals surface area contributed by atoms with E-state index in [1.807, 2.05) is 6.92 Å². The van der Waals surface area contributed by atoms with Gasteiger partial charge in [0.2, 0.25) is 8.32 Å².